The Morgan fingerprint density at radius 3 is 2.94 bits per heavy atom. The Kier molecular flexibility index (Phi) is 3.52. The van der Waals surface area contributed by atoms with Gasteiger partial charge in [-0.2, -0.15) is 9.36 Å². The van der Waals surface area contributed by atoms with Crippen LogP contribution in [0, 0.1) is 6.92 Å². The van der Waals surface area contributed by atoms with Gasteiger partial charge in [-0.15, -0.1) is 0 Å². The SMILES string of the molecule is Cc1nsc(Oc2ccc(Br)cc2CN)n1. The van der Waals surface area contributed by atoms with Gasteiger partial charge in [0, 0.05) is 28.1 Å². The normalized spacial score (nSPS) is 10.4. The van der Waals surface area contributed by atoms with Gasteiger partial charge in [0.2, 0.25) is 0 Å². The Balaban J connectivity index is 2.27. The highest BCUT2D eigenvalue weighted by Crippen LogP contribution is 2.28. The number of nitrogens with zero attached hydrogens (tertiary/aromatic N) is 2. The fraction of sp³-hybridized carbons (Fsp3) is 0.200. The van der Waals surface area contributed by atoms with Crippen molar-refractivity contribution in [3.05, 3.63) is 34.1 Å². The highest BCUT2D eigenvalue weighted by Gasteiger charge is 2.07. The summed E-state index contributed by atoms with van der Waals surface area (Å²) in [5.41, 5.74) is 6.58. The molecule has 0 radical (unpaired) electrons. The van der Waals surface area contributed by atoms with Crippen molar-refractivity contribution in [2.45, 2.75) is 13.5 Å². The molecular formula is C10H10BrN3OS. The quantitative estimate of drug-likeness (QED) is 0.947. The monoisotopic (exact) mass is 299 g/mol. The zero-order chi connectivity index (χ0) is 11.5. The summed E-state index contributed by atoms with van der Waals surface area (Å²) >= 11 is 4.62. The van der Waals surface area contributed by atoms with E-state index in [2.05, 4.69) is 25.3 Å². The molecule has 0 aliphatic rings. The minimum atomic E-state index is 0.423. The molecule has 1 heterocycles. The first kappa shape index (κ1) is 11.5. The summed E-state index contributed by atoms with van der Waals surface area (Å²) in [6.07, 6.45) is 0. The van der Waals surface area contributed by atoms with E-state index in [0.29, 0.717) is 17.6 Å². The first-order valence-electron chi connectivity index (χ1n) is 4.65. The van der Waals surface area contributed by atoms with Crippen LogP contribution in [0.2, 0.25) is 0 Å². The average molecular weight is 300 g/mol. The van der Waals surface area contributed by atoms with E-state index < -0.39 is 0 Å². The molecule has 6 heteroatoms. The molecule has 0 saturated carbocycles. The molecule has 0 bridgehead atoms. The molecular weight excluding hydrogens is 290 g/mol. The molecule has 1 aromatic heterocycles. The summed E-state index contributed by atoms with van der Waals surface area (Å²) in [6, 6.07) is 5.70. The van der Waals surface area contributed by atoms with Crippen LogP contribution >= 0.6 is 27.5 Å². The van der Waals surface area contributed by atoms with Gasteiger partial charge in [-0.05, 0) is 25.1 Å². The number of halogens is 1. The second-order valence-electron chi connectivity index (χ2n) is 3.17. The van der Waals surface area contributed by atoms with Crippen LogP contribution in [0.4, 0.5) is 0 Å². The summed E-state index contributed by atoms with van der Waals surface area (Å²) in [5.74, 6) is 1.44. The van der Waals surface area contributed by atoms with E-state index >= 15 is 0 Å². The van der Waals surface area contributed by atoms with Crippen LogP contribution in [0.25, 0.3) is 0 Å². The maximum atomic E-state index is 5.64. The van der Waals surface area contributed by atoms with Gasteiger partial charge in [-0.1, -0.05) is 15.9 Å². The maximum absolute atomic E-state index is 5.64. The van der Waals surface area contributed by atoms with E-state index in [0.717, 1.165) is 15.8 Å². The lowest BCUT2D eigenvalue weighted by Crippen LogP contribution is -1.99. The lowest BCUT2D eigenvalue weighted by atomic mass is 10.2. The van der Waals surface area contributed by atoms with Crippen molar-refractivity contribution in [2.24, 2.45) is 5.73 Å². The van der Waals surface area contributed by atoms with Crippen molar-refractivity contribution in [1.29, 1.82) is 0 Å². The van der Waals surface area contributed by atoms with Crippen LogP contribution in [0.15, 0.2) is 22.7 Å². The predicted octanol–water partition coefficient (Wildman–Crippen LogP) is 2.86. The van der Waals surface area contributed by atoms with Gasteiger partial charge in [-0.3, -0.25) is 0 Å². The van der Waals surface area contributed by atoms with E-state index in [-0.39, 0.29) is 0 Å². The van der Waals surface area contributed by atoms with Crippen LogP contribution in [0.1, 0.15) is 11.4 Å². The summed E-state index contributed by atoms with van der Waals surface area (Å²) in [4.78, 5) is 4.14. The first-order chi connectivity index (χ1) is 7.69. The van der Waals surface area contributed by atoms with Crippen molar-refractivity contribution >= 4 is 27.5 Å². The number of ether oxygens (including phenoxy) is 1. The van der Waals surface area contributed by atoms with E-state index in [1.54, 1.807) is 0 Å². The number of aryl methyl sites for hydroxylation is 1. The number of benzene rings is 1. The van der Waals surface area contributed by atoms with Gasteiger partial charge in [0.15, 0.2) is 0 Å². The number of nitrogens with two attached hydrogens (primary N) is 1. The average Bonchev–Trinajstić information content (AvgIpc) is 2.67. The van der Waals surface area contributed by atoms with Crippen LogP contribution in [0.3, 0.4) is 0 Å². The van der Waals surface area contributed by atoms with Gasteiger partial charge in [0.25, 0.3) is 5.19 Å². The number of rotatable bonds is 3. The Morgan fingerprint density at radius 2 is 2.31 bits per heavy atom. The minimum absolute atomic E-state index is 0.423. The highest BCUT2D eigenvalue weighted by molar-refractivity contribution is 9.10. The largest absolute Gasteiger partial charge is 0.430 e. The van der Waals surface area contributed by atoms with Crippen LogP contribution in [-0.2, 0) is 6.54 Å². The first-order valence-corrected chi connectivity index (χ1v) is 6.22. The molecule has 84 valence electrons. The molecule has 0 amide bonds. The molecule has 0 unspecified atom stereocenters. The third-order valence-electron chi connectivity index (χ3n) is 1.95. The number of hydrogen-bond donors (Lipinski definition) is 1. The number of hydrogen-bond acceptors (Lipinski definition) is 5. The Bertz CT molecular complexity index is 501. The van der Waals surface area contributed by atoms with Crippen LogP contribution in [-0.4, -0.2) is 9.36 Å². The highest BCUT2D eigenvalue weighted by atomic mass is 79.9. The second-order valence-corrected chi connectivity index (χ2v) is 4.80. The summed E-state index contributed by atoms with van der Waals surface area (Å²) in [5, 5.41) is 0.537. The summed E-state index contributed by atoms with van der Waals surface area (Å²) in [6.45, 7) is 2.25. The standard InChI is InChI=1S/C10H10BrN3OS/c1-6-13-10(16-14-6)15-9-3-2-8(11)4-7(9)5-12/h2-4H,5,12H2,1H3. The molecule has 0 atom stereocenters. The van der Waals surface area contributed by atoms with Gasteiger partial charge in [-0.25, -0.2) is 0 Å². The number of aromatic nitrogens is 2. The van der Waals surface area contributed by atoms with E-state index in [9.17, 15) is 0 Å². The fourth-order valence-electron chi connectivity index (χ4n) is 1.22. The van der Waals surface area contributed by atoms with Crippen LogP contribution < -0.4 is 10.5 Å². The van der Waals surface area contributed by atoms with E-state index in [1.807, 2.05) is 25.1 Å². The molecule has 0 fully saturated rings. The Hall–Kier alpha value is -0.980. The molecule has 2 aromatic rings. The smallest absolute Gasteiger partial charge is 0.298 e. The van der Waals surface area contributed by atoms with Gasteiger partial charge in [0.1, 0.15) is 11.6 Å². The van der Waals surface area contributed by atoms with Crippen molar-refractivity contribution in [3.63, 3.8) is 0 Å². The molecule has 2 rings (SSSR count). The molecule has 1 aromatic carbocycles. The van der Waals surface area contributed by atoms with Gasteiger partial charge >= 0.3 is 0 Å². The maximum Gasteiger partial charge on any atom is 0.298 e. The molecule has 0 saturated heterocycles. The molecule has 0 spiro atoms. The zero-order valence-electron chi connectivity index (χ0n) is 8.61. The third-order valence-corrected chi connectivity index (χ3v) is 3.13. The fourth-order valence-corrected chi connectivity index (χ4v) is 2.18. The van der Waals surface area contributed by atoms with Crippen molar-refractivity contribution in [3.8, 4) is 10.9 Å². The molecule has 16 heavy (non-hydrogen) atoms. The van der Waals surface area contributed by atoms with Gasteiger partial charge in [0.05, 0.1) is 0 Å². The predicted molar refractivity (Wildman–Crippen MR) is 66.8 cm³/mol. The van der Waals surface area contributed by atoms with Crippen molar-refractivity contribution in [2.75, 3.05) is 0 Å². The lowest BCUT2D eigenvalue weighted by Gasteiger charge is -2.07. The van der Waals surface area contributed by atoms with E-state index in [4.69, 9.17) is 10.5 Å². The van der Waals surface area contributed by atoms with Crippen molar-refractivity contribution in [1.82, 2.24) is 9.36 Å². The molecule has 2 N–H and O–H groups in total. The molecule has 0 aliphatic heterocycles. The Morgan fingerprint density at radius 1 is 1.50 bits per heavy atom. The summed E-state index contributed by atoms with van der Waals surface area (Å²) in [7, 11) is 0. The lowest BCUT2D eigenvalue weighted by molar-refractivity contribution is 0.471. The van der Waals surface area contributed by atoms with E-state index in [1.165, 1.54) is 11.5 Å². The van der Waals surface area contributed by atoms with Crippen LogP contribution in [0.5, 0.6) is 10.9 Å². The van der Waals surface area contributed by atoms with Gasteiger partial charge < -0.3 is 10.5 Å². The minimum Gasteiger partial charge on any atom is -0.430 e. The second kappa shape index (κ2) is 4.90. The third kappa shape index (κ3) is 2.58. The zero-order valence-corrected chi connectivity index (χ0v) is 11.0. The Labute approximate surface area is 106 Å². The topological polar surface area (TPSA) is 61.0 Å². The van der Waals surface area contributed by atoms with Crippen molar-refractivity contribution < 1.29 is 4.74 Å². The summed E-state index contributed by atoms with van der Waals surface area (Å²) < 4.78 is 10.7. The molecule has 0 aliphatic carbocycles. The molecule has 4 nitrogen and oxygen atoms in total.